The van der Waals surface area contributed by atoms with Crippen molar-refractivity contribution in [2.24, 2.45) is 0 Å². The van der Waals surface area contributed by atoms with Crippen molar-refractivity contribution in [1.29, 1.82) is 0 Å². The molecule has 0 spiro atoms. The van der Waals surface area contributed by atoms with Crippen molar-refractivity contribution >= 4 is 5.78 Å². The molecule has 0 radical (unpaired) electrons. The first kappa shape index (κ1) is 15.6. The SMILES string of the molecule is CNCCCN(C)CC(=O)c1ccc(OC)c(F)c1. The van der Waals surface area contributed by atoms with E-state index in [0.29, 0.717) is 5.56 Å². The minimum atomic E-state index is -0.508. The molecule has 1 N–H and O–H groups in total. The molecular weight excluding hydrogens is 247 g/mol. The van der Waals surface area contributed by atoms with Gasteiger partial charge in [-0.15, -0.1) is 0 Å². The van der Waals surface area contributed by atoms with E-state index in [1.165, 1.54) is 19.2 Å². The van der Waals surface area contributed by atoms with E-state index < -0.39 is 5.82 Å². The van der Waals surface area contributed by atoms with Gasteiger partial charge in [-0.2, -0.15) is 0 Å². The third-order valence-electron chi connectivity index (χ3n) is 2.85. The van der Waals surface area contributed by atoms with E-state index in [2.05, 4.69) is 5.32 Å². The molecular formula is C14H21FN2O2. The van der Waals surface area contributed by atoms with Crippen molar-refractivity contribution in [3.05, 3.63) is 29.6 Å². The number of nitrogens with one attached hydrogen (secondary N) is 1. The summed E-state index contributed by atoms with van der Waals surface area (Å²) >= 11 is 0. The standard InChI is InChI=1S/C14H21FN2O2/c1-16-7-4-8-17(2)10-13(18)11-5-6-14(19-3)12(15)9-11/h5-6,9,16H,4,7-8,10H2,1-3H3. The number of rotatable bonds is 8. The molecule has 0 fully saturated rings. The van der Waals surface area contributed by atoms with Gasteiger partial charge in [0, 0.05) is 5.56 Å². The highest BCUT2D eigenvalue weighted by molar-refractivity contribution is 5.97. The number of carbonyl (C=O) groups excluding carboxylic acids is 1. The number of ether oxygens (including phenoxy) is 1. The van der Waals surface area contributed by atoms with Crippen LogP contribution in [0, 0.1) is 5.82 Å². The fourth-order valence-electron chi connectivity index (χ4n) is 1.78. The Hall–Kier alpha value is -1.46. The molecule has 0 saturated carbocycles. The molecule has 1 rings (SSSR count). The Morgan fingerprint density at radius 3 is 2.79 bits per heavy atom. The lowest BCUT2D eigenvalue weighted by atomic mass is 10.1. The molecule has 5 heteroatoms. The van der Waals surface area contributed by atoms with Gasteiger partial charge >= 0.3 is 0 Å². The lowest BCUT2D eigenvalue weighted by Gasteiger charge is -2.15. The molecule has 0 atom stereocenters. The molecule has 19 heavy (non-hydrogen) atoms. The molecule has 1 aromatic carbocycles. The van der Waals surface area contributed by atoms with Gasteiger partial charge in [-0.05, 0) is 51.8 Å². The van der Waals surface area contributed by atoms with E-state index >= 15 is 0 Å². The molecule has 0 bridgehead atoms. The monoisotopic (exact) mass is 268 g/mol. The van der Waals surface area contributed by atoms with Crippen molar-refractivity contribution in [3.8, 4) is 5.75 Å². The maximum absolute atomic E-state index is 13.5. The Bertz CT molecular complexity index is 424. The number of carbonyl (C=O) groups is 1. The number of likely N-dealkylation sites (N-methyl/N-ethyl adjacent to an activating group) is 1. The highest BCUT2D eigenvalue weighted by atomic mass is 19.1. The molecule has 0 aliphatic heterocycles. The van der Waals surface area contributed by atoms with Gasteiger partial charge in [-0.1, -0.05) is 0 Å². The number of Topliss-reactive ketones (excluding diaryl/α,β-unsaturated/α-hetero) is 1. The number of benzene rings is 1. The molecule has 4 nitrogen and oxygen atoms in total. The Kier molecular flexibility index (Phi) is 6.45. The highest BCUT2D eigenvalue weighted by Gasteiger charge is 2.12. The molecule has 0 aliphatic rings. The average Bonchev–Trinajstić information content (AvgIpc) is 2.38. The number of nitrogens with zero attached hydrogens (tertiary/aromatic N) is 1. The molecule has 0 heterocycles. The zero-order valence-corrected chi connectivity index (χ0v) is 11.7. The maximum atomic E-state index is 13.5. The second-order valence-electron chi connectivity index (χ2n) is 4.47. The first-order chi connectivity index (χ1) is 9.08. The molecule has 0 amide bonds. The third-order valence-corrected chi connectivity index (χ3v) is 2.85. The van der Waals surface area contributed by atoms with Gasteiger partial charge in [0.05, 0.1) is 13.7 Å². The summed E-state index contributed by atoms with van der Waals surface area (Å²) in [5.41, 5.74) is 0.374. The van der Waals surface area contributed by atoms with Crippen molar-refractivity contribution in [2.75, 3.05) is 40.8 Å². The van der Waals surface area contributed by atoms with Crippen LogP contribution >= 0.6 is 0 Å². The van der Waals surface area contributed by atoms with Crippen LogP contribution in [-0.2, 0) is 0 Å². The predicted octanol–water partition coefficient (Wildman–Crippen LogP) is 1.56. The Morgan fingerprint density at radius 1 is 1.47 bits per heavy atom. The van der Waals surface area contributed by atoms with Crippen molar-refractivity contribution in [3.63, 3.8) is 0 Å². The van der Waals surface area contributed by atoms with Gasteiger partial charge < -0.3 is 10.1 Å². The van der Waals surface area contributed by atoms with Gasteiger partial charge in [0.1, 0.15) is 0 Å². The van der Waals surface area contributed by atoms with Gasteiger partial charge in [0.15, 0.2) is 17.3 Å². The number of halogens is 1. The molecule has 0 aromatic heterocycles. The van der Waals surface area contributed by atoms with Gasteiger partial charge in [-0.3, -0.25) is 9.69 Å². The largest absolute Gasteiger partial charge is 0.494 e. The summed E-state index contributed by atoms with van der Waals surface area (Å²) in [5, 5.41) is 3.05. The van der Waals surface area contributed by atoms with Crippen LogP contribution in [0.3, 0.4) is 0 Å². The Morgan fingerprint density at radius 2 is 2.21 bits per heavy atom. The molecule has 0 unspecified atom stereocenters. The number of hydrogen-bond acceptors (Lipinski definition) is 4. The van der Waals surface area contributed by atoms with Crippen LogP contribution in [0.1, 0.15) is 16.8 Å². The van der Waals surface area contributed by atoms with E-state index in [9.17, 15) is 9.18 Å². The van der Waals surface area contributed by atoms with Gasteiger partial charge in [0.2, 0.25) is 0 Å². The summed E-state index contributed by atoms with van der Waals surface area (Å²) in [6.07, 6.45) is 0.969. The fraction of sp³-hybridized carbons (Fsp3) is 0.500. The van der Waals surface area contributed by atoms with E-state index in [1.807, 2.05) is 19.0 Å². The predicted molar refractivity (Wildman–Crippen MR) is 73.3 cm³/mol. The van der Waals surface area contributed by atoms with E-state index in [1.54, 1.807) is 6.07 Å². The van der Waals surface area contributed by atoms with Crippen LogP contribution in [0.4, 0.5) is 4.39 Å². The highest BCUT2D eigenvalue weighted by Crippen LogP contribution is 2.18. The fourth-order valence-corrected chi connectivity index (χ4v) is 1.78. The van der Waals surface area contributed by atoms with Crippen LogP contribution < -0.4 is 10.1 Å². The minimum Gasteiger partial charge on any atom is -0.494 e. The smallest absolute Gasteiger partial charge is 0.176 e. The molecule has 0 saturated heterocycles. The molecule has 0 aliphatic carbocycles. The van der Waals surface area contributed by atoms with Gasteiger partial charge in [0.25, 0.3) is 0 Å². The van der Waals surface area contributed by atoms with Crippen molar-refractivity contribution < 1.29 is 13.9 Å². The second kappa shape index (κ2) is 7.86. The summed E-state index contributed by atoms with van der Waals surface area (Å²) in [7, 11) is 5.17. The van der Waals surface area contributed by atoms with Crippen molar-refractivity contribution in [1.82, 2.24) is 10.2 Å². The maximum Gasteiger partial charge on any atom is 0.176 e. The summed E-state index contributed by atoms with van der Waals surface area (Å²) in [5.74, 6) is -0.446. The van der Waals surface area contributed by atoms with E-state index in [-0.39, 0.29) is 18.1 Å². The quantitative estimate of drug-likeness (QED) is 0.574. The third kappa shape index (κ3) is 4.96. The summed E-state index contributed by atoms with van der Waals surface area (Å²) in [6, 6.07) is 4.29. The van der Waals surface area contributed by atoms with Gasteiger partial charge in [-0.25, -0.2) is 4.39 Å². The summed E-state index contributed by atoms with van der Waals surface area (Å²) in [4.78, 5) is 13.9. The van der Waals surface area contributed by atoms with E-state index in [0.717, 1.165) is 19.5 Å². The lowest BCUT2D eigenvalue weighted by Crippen LogP contribution is -2.28. The minimum absolute atomic E-state index is 0.0893. The molecule has 106 valence electrons. The summed E-state index contributed by atoms with van der Waals surface area (Å²) < 4.78 is 18.3. The Balaban J connectivity index is 2.55. The van der Waals surface area contributed by atoms with Crippen LogP contribution in [0.25, 0.3) is 0 Å². The van der Waals surface area contributed by atoms with Crippen LogP contribution in [-0.4, -0.2) is 51.5 Å². The second-order valence-corrected chi connectivity index (χ2v) is 4.47. The average molecular weight is 268 g/mol. The van der Waals surface area contributed by atoms with Crippen molar-refractivity contribution in [2.45, 2.75) is 6.42 Å². The lowest BCUT2D eigenvalue weighted by molar-refractivity contribution is 0.0945. The number of methoxy groups -OCH3 is 1. The topological polar surface area (TPSA) is 41.6 Å². The Labute approximate surface area is 113 Å². The first-order valence-corrected chi connectivity index (χ1v) is 6.28. The van der Waals surface area contributed by atoms with E-state index in [4.69, 9.17) is 4.74 Å². The van der Waals surface area contributed by atoms with Crippen LogP contribution in [0.2, 0.25) is 0 Å². The number of ketones is 1. The van der Waals surface area contributed by atoms with Crippen LogP contribution in [0.5, 0.6) is 5.75 Å². The zero-order valence-electron chi connectivity index (χ0n) is 11.7. The normalized spacial score (nSPS) is 10.8. The first-order valence-electron chi connectivity index (χ1n) is 6.28. The van der Waals surface area contributed by atoms with Crippen LogP contribution in [0.15, 0.2) is 18.2 Å². The molecule has 1 aromatic rings. The zero-order chi connectivity index (χ0) is 14.3. The summed E-state index contributed by atoms with van der Waals surface area (Å²) in [6.45, 7) is 2.02. The number of hydrogen-bond donors (Lipinski definition) is 1.